The fraction of sp³-hybridized carbons (Fsp3) is 0.800. The summed E-state index contributed by atoms with van der Waals surface area (Å²) < 4.78 is 25.0. The Labute approximate surface area is 107 Å². The zero-order valence-corrected chi connectivity index (χ0v) is 11.3. The highest BCUT2D eigenvalue weighted by Crippen LogP contribution is 1.95. The fourth-order valence-electron chi connectivity index (χ4n) is 1.16. The van der Waals surface area contributed by atoms with E-state index in [0.717, 1.165) is 6.42 Å². The third kappa shape index (κ3) is 10.0. The third-order valence-corrected chi connectivity index (χ3v) is 3.52. The summed E-state index contributed by atoms with van der Waals surface area (Å²) in [5.41, 5.74) is 0. The predicted octanol–water partition coefficient (Wildman–Crippen LogP) is -0.313. The Balaban J connectivity index is 3.76. The van der Waals surface area contributed by atoms with Gasteiger partial charge in [0.2, 0.25) is 15.9 Å². The number of amides is 1. The van der Waals surface area contributed by atoms with Crippen LogP contribution in [0.2, 0.25) is 0 Å². The smallest absolute Gasteiger partial charge is 0.303 e. The Morgan fingerprint density at radius 3 is 2.39 bits per heavy atom. The van der Waals surface area contributed by atoms with Gasteiger partial charge >= 0.3 is 5.97 Å². The molecule has 0 saturated heterocycles. The second-order valence-electron chi connectivity index (χ2n) is 3.81. The molecular weight excluding hydrogens is 260 g/mol. The Morgan fingerprint density at radius 2 is 1.83 bits per heavy atom. The van der Waals surface area contributed by atoms with Crippen LogP contribution in [0.15, 0.2) is 0 Å². The van der Waals surface area contributed by atoms with Gasteiger partial charge in [-0.05, 0) is 12.8 Å². The van der Waals surface area contributed by atoms with Crippen LogP contribution in [-0.4, -0.2) is 44.2 Å². The van der Waals surface area contributed by atoms with E-state index in [2.05, 4.69) is 10.0 Å². The number of carbonyl (C=O) groups excluding carboxylic acids is 1. The van der Waals surface area contributed by atoms with Crippen molar-refractivity contribution < 1.29 is 23.1 Å². The van der Waals surface area contributed by atoms with Crippen molar-refractivity contribution in [3.05, 3.63) is 0 Å². The number of sulfonamides is 1. The quantitative estimate of drug-likeness (QED) is 0.508. The first-order chi connectivity index (χ1) is 8.37. The molecule has 0 aliphatic carbocycles. The van der Waals surface area contributed by atoms with E-state index in [1.807, 2.05) is 6.92 Å². The minimum Gasteiger partial charge on any atom is -0.481 e. The lowest BCUT2D eigenvalue weighted by Gasteiger charge is -2.06. The lowest BCUT2D eigenvalue weighted by molar-refractivity contribution is -0.137. The van der Waals surface area contributed by atoms with Gasteiger partial charge in [-0.25, -0.2) is 13.1 Å². The van der Waals surface area contributed by atoms with Gasteiger partial charge in [0.25, 0.3) is 0 Å². The summed E-state index contributed by atoms with van der Waals surface area (Å²) in [6.45, 7) is 2.53. The van der Waals surface area contributed by atoms with Gasteiger partial charge in [0.1, 0.15) is 0 Å². The Morgan fingerprint density at radius 1 is 1.17 bits per heavy atom. The molecule has 0 spiro atoms. The van der Waals surface area contributed by atoms with Crippen LogP contribution in [0, 0.1) is 0 Å². The van der Waals surface area contributed by atoms with Gasteiger partial charge in [0, 0.05) is 25.9 Å². The molecule has 0 aromatic heterocycles. The Kier molecular flexibility index (Phi) is 8.30. The third-order valence-electron chi connectivity index (χ3n) is 2.05. The van der Waals surface area contributed by atoms with Crippen LogP contribution in [-0.2, 0) is 19.6 Å². The maximum Gasteiger partial charge on any atom is 0.303 e. The van der Waals surface area contributed by atoms with Gasteiger partial charge in [-0.3, -0.25) is 9.59 Å². The maximum atomic E-state index is 11.4. The van der Waals surface area contributed by atoms with E-state index in [9.17, 15) is 18.0 Å². The van der Waals surface area contributed by atoms with Crippen LogP contribution >= 0.6 is 0 Å². The van der Waals surface area contributed by atoms with Crippen LogP contribution < -0.4 is 10.0 Å². The second kappa shape index (κ2) is 8.87. The standard InChI is InChI=1S/C10H20N2O5S/c1-2-6-11-9(13)5-7-12-18(16,17)8-3-4-10(14)15/h12H,2-8H2,1H3,(H,11,13)(H,14,15). The normalized spacial score (nSPS) is 11.2. The first-order valence-electron chi connectivity index (χ1n) is 5.83. The van der Waals surface area contributed by atoms with Crippen molar-refractivity contribution in [3.8, 4) is 0 Å². The van der Waals surface area contributed by atoms with E-state index in [0.29, 0.717) is 6.54 Å². The molecule has 0 aromatic carbocycles. The van der Waals surface area contributed by atoms with Crippen LogP contribution in [0.4, 0.5) is 0 Å². The molecule has 106 valence electrons. The largest absolute Gasteiger partial charge is 0.481 e. The van der Waals surface area contributed by atoms with Crippen molar-refractivity contribution in [1.82, 2.24) is 10.0 Å². The number of carbonyl (C=O) groups is 2. The molecule has 0 bridgehead atoms. The highest BCUT2D eigenvalue weighted by Gasteiger charge is 2.11. The molecule has 0 aromatic rings. The number of carboxylic acids is 1. The molecule has 18 heavy (non-hydrogen) atoms. The summed E-state index contributed by atoms with van der Waals surface area (Å²) >= 11 is 0. The summed E-state index contributed by atoms with van der Waals surface area (Å²) in [6.07, 6.45) is 0.787. The fourth-order valence-corrected chi connectivity index (χ4v) is 2.24. The van der Waals surface area contributed by atoms with Gasteiger partial charge in [-0.2, -0.15) is 0 Å². The van der Waals surface area contributed by atoms with E-state index in [-0.39, 0.29) is 37.5 Å². The van der Waals surface area contributed by atoms with Gasteiger partial charge in [0.15, 0.2) is 0 Å². The molecule has 0 heterocycles. The van der Waals surface area contributed by atoms with Gasteiger partial charge in [0.05, 0.1) is 5.75 Å². The van der Waals surface area contributed by atoms with Gasteiger partial charge in [-0.15, -0.1) is 0 Å². The van der Waals surface area contributed by atoms with Crippen molar-refractivity contribution in [1.29, 1.82) is 0 Å². The minimum atomic E-state index is -3.49. The highest BCUT2D eigenvalue weighted by atomic mass is 32.2. The number of nitrogens with one attached hydrogen (secondary N) is 2. The van der Waals surface area contributed by atoms with Crippen LogP contribution in [0.5, 0.6) is 0 Å². The number of hydrogen-bond donors (Lipinski definition) is 3. The lowest BCUT2D eigenvalue weighted by atomic mass is 10.3. The Hall–Kier alpha value is -1.15. The molecular formula is C10H20N2O5S. The summed E-state index contributed by atoms with van der Waals surface area (Å²) in [4.78, 5) is 21.4. The molecule has 8 heteroatoms. The van der Waals surface area contributed by atoms with Crippen molar-refractivity contribution in [2.45, 2.75) is 32.6 Å². The summed E-state index contributed by atoms with van der Waals surface area (Å²) in [5, 5.41) is 11.0. The van der Waals surface area contributed by atoms with E-state index >= 15 is 0 Å². The lowest BCUT2D eigenvalue weighted by Crippen LogP contribution is -2.32. The van der Waals surface area contributed by atoms with E-state index in [1.54, 1.807) is 0 Å². The van der Waals surface area contributed by atoms with Gasteiger partial charge < -0.3 is 10.4 Å². The zero-order chi connectivity index (χ0) is 14.0. The van der Waals surface area contributed by atoms with Crippen LogP contribution in [0.3, 0.4) is 0 Å². The molecule has 3 N–H and O–H groups in total. The Bertz CT molecular complexity index is 366. The van der Waals surface area contributed by atoms with Crippen molar-refractivity contribution in [2.24, 2.45) is 0 Å². The molecule has 0 rings (SSSR count). The molecule has 0 unspecified atom stereocenters. The summed E-state index contributed by atoms with van der Waals surface area (Å²) in [7, 11) is -3.49. The molecule has 0 saturated carbocycles. The van der Waals surface area contributed by atoms with Crippen molar-refractivity contribution in [3.63, 3.8) is 0 Å². The number of carboxylic acid groups (broad SMARTS) is 1. The van der Waals surface area contributed by atoms with Crippen molar-refractivity contribution in [2.75, 3.05) is 18.8 Å². The monoisotopic (exact) mass is 280 g/mol. The topological polar surface area (TPSA) is 113 Å². The van der Waals surface area contributed by atoms with Crippen molar-refractivity contribution >= 4 is 21.9 Å². The summed E-state index contributed by atoms with van der Waals surface area (Å²) in [6, 6.07) is 0. The number of aliphatic carboxylic acids is 1. The van der Waals surface area contributed by atoms with E-state index in [4.69, 9.17) is 5.11 Å². The van der Waals surface area contributed by atoms with Gasteiger partial charge in [-0.1, -0.05) is 6.92 Å². The van der Waals surface area contributed by atoms with Crippen LogP contribution in [0.25, 0.3) is 0 Å². The molecule has 0 aliphatic heterocycles. The molecule has 0 atom stereocenters. The number of hydrogen-bond acceptors (Lipinski definition) is 4. The predicted molar refractivity (Wildman–Crippen MR) is 66.6 cm³/mol. The molecule has 0 fully saturated rings. The first kappa shape index (κ1) is 16.9. The first-order valence-corrected chi connectivity index (χ1v) is 7.48. The second-order valence-corrected chi connectivity index (χ2v) is 5.74. The minimum absolute atomic E-state index is 0.0327. The maximum absolute atomic E-state index is 11.4. The summed E-state index contributed by atoms with van der Waals surface area (Å²) in [5.74, 6) is -1.47. The molecule has 0 radical (unpaired) electrons. The van der Waals surface area contributed by atoms with Crippen LogP contribution in [0.1, 0.15) is 32.6 Å². The van der Waals surface area contributed by atoms with E-state index in [1.165, 1.54) is 0 Å². The molecule has 1 amide bonds. The molecule has 0 aliphatic rings. The van der Waals surface area contributed by atoms with E-state index < -0.39 is 16.0 Å². The zero-order valence-electron chi connectivity index (χ0n) is 10.4. The average molecular weight is 280 g/mol. The SMILES string of the molecule is CCCNC(=O)CCNS(=O)(=O)CCCC(=O)O. The highest BCUT2D eigenvalue weighted by molar-refractivity contribution is 7.89. The average Bonchev–Trinajstić information content (AvgIpc) is 2.25. The molecule has 7 nitrogen and oxygen atoms in total. The number of rotatable bonds is 10.